The Kier molecular flexibility index (Phi) is 3.01. The van der Waals surface area contributed by atoms with Crippen LogP contribution in [0.3, 0.4) is 0 Å². The first-order chi connectivity index (χ1) is 10.3. The fraction of sp³-hybridized carbons (Fsp3) is 0.0667. The van der Waals surface area contributed by atoms with Gasteiger partial charge < -0.3 is 5.21 Å². The number of carbonyl (C=O) groups excluding carboxylic acids is 1. The number of hydrogen-bond acceptors (Lipinski definition) is 2. The van der Waals surface area contributed by atoms with Gasteiger partial charge in [-0.2, -0.15) is 17.9 Å². The third-order valence-corrected chi connectivity index (χ3v) is 3.32. The molecule has 112 valence electrons. The van der Waals surface area contributed by atoms with Gasteiger partial charge in [-0.15, -0.1) is 0 Å². The lowest BCUT2D eigenvalue weighted by molar-refractivity contribution is -0.355. The van der Waals surface area contributed by atoms with E-state index in [0.717, 1.165) is 24.3 Å². The van der Waals surface area contributed by atoms with Crippen molar-refractivity contribution in [1.82, 2.24) is 0 Å². The number of hydrogen-bond donors (Lipinski definition) is 0. The highest BCUT2D eigenvalue weighted by Crippen LogP contribution is 2.35. The van der Waals surface area contributed by atoms with Crippen LogP contribution >= 0.6 is 0 Å². The maximum atomic E-state index is 12.9. The molecule has 7 heteroatoms. The maximum absolute atomic E-state index is 12.9. The molecule has 2 aromatic rings. The third kappa shape index (κ3) is 2.14. The SMILES string of the molecule is O=C1C(c2ccc(F)cc2)=[N+]([O-])c2cc(C(F)(F)F)ccc21. The first-order valence-corrected chi connectivity index (χ1v) is 6.15. The van der Waals surface area contributed by atoms with Crippen LogP contribution in [0.2, 0.25) is 0 Å². The van der Waals surface area contributed by atoms with Crippen LogP contribution in [0, 0.1) is 11.0 Å². The van der Waals surface area contributed by atoms with Gasteiger partial charge in [-0.05, 0) is 36.4 Å². The van der Waals surface area contributed by atoms with Crippen LogP contribution in [0.5, 0.6) is 0 Å². The molecule has 3 rings (SSSR count). The Morgan fingerprint density at radius 1 is 1.00 bits per heavy atom. The number of rotatable bonds is 1. The summed E-state index contributed by atoms with van der Waals surface area (Å²) >= 11 is 0. The Bertz CT molecular complexity index is 807. The fourth-order valence-corrected chi connectivity index (χ4v) is 2.26. The molecule has 0 N–H and O–H groups in total. The van der Waals surface area contributed by atoms with E-state index < -0.39 is 23.3 Å². The average Bonchev–Trinajstić information content (AvgIpc) is 2.71. The van der Waals surface area contributed by atoms with Crippen molar-refractivity contribution in [3.05, 3.63) is 70.2 Å². The number of Topliss-reactive ketones (excluding diaryl/α,β-unsaturated/α-hetero) is 1. The van der Waals surface area contributed by atoms with E-state index in [2.05, 4.69) is 0 Å². The summed E-state index contributed by atoms with van der Waals surface area (Å²) < 4.78 is 51.1. The van der Waals surface area contributed by atoms with Gasteiger partial charge in [-0.3, -0.25) is 4.79 Å². The van der Waals surface area contributed by atoms with Crippen molar-refractivity contribution in [2.75, 3.05) is 0 Å². The van der Waals surface area contributed by atoms with E-state index >= 15 is 0 Å². The van der Waals surface area contributed by atoms with E-state index in [1.165, 1.54) is 12.1 Å². The monoisotopic (exact) mass is 309 g/mol. The van der Waals surface area contributed by atoms with Gasteiger partial charge in [0.15, 0.2) is 0 Å². The molecule has 0 aliphatic carbocycles. The minimum absolute atomic E-state index is 0.109. The van der Waals surface area contributed by atoms with Gasteiger partial charge in [0.2, 0.25) is 5.69 Å². The van der Waals surface area contributed by atoms with Gasteiger partial charge in [-0.25, -0.2) is 4.39 Å². The molecule has 1 heterocycles. The molecule has 0 bridgehead atoms. The van der Waals surface area contributed by atoms with Crippen LogP contribution in [-0.4, -0.2) is 16.2 Å². The van der Waals surface area contributed by atoms with Crippen molar-refractivity contribution in [3.8, 4) is 0 Å². The largest absolute Gasteiger partial charge is 0.618 e. The van der Waals surface area contributed by atoms with Crippen LogP contribution in [0.15, 0.2) is 42.5 Å². The molecule has 0 atom stereocenters. The summed E-state index contributed by atoms with van der Waals surface area (Å²) in [6, 6.07) is 6.94. The molecular weight excluding hydrogens is 302 g/mol. The first-order valence-electron chi connectivity index (χ1n) is 6.15. The number of alkyl halides is 3. The molecule has 0 spiro atoms. The molecule has 0 radical (unpaired) electrons. The number of carbonyl (C=O) groups is 1. The molecule has 22 heavy (non-hydrogen) atoms. The van der Waals surface area contributed by atoms with Crippen LogP contribution in [0.25, 0.3) is 0 Å². The Labute approximate surface area is 121 Å². The summed E-state index contributed by atoms with van der Waals surface area (Å²) in [4.78, 5) is 12.2. The first kappa shape index (κ1) is 14.2. The molecule has 0 aromatic heterocycles. The van der Waals surface area contributed by atoms with E-state index in [9.17, 15) is 27.6 Å². The van der Waals surface area contributed by atoms with Gasteiger partial charge >= 0.3 is 6.18 Å². The number of fused-ring (bicyclic) bond motifs is 1. The standard InChI is InChI=1S/C15H7F4NO2/c16-10-4-1-8(2-5-10)13-14(21)11-6-3-9(15(17,18)19)7-12(11)20(13)22/h1-7H. The van der Waals surface area contributed by atoms with Gasteiger partial charge in [0.25, 0.3) is 11.5 Å². The zero-order chi connectivity index (χ0) is 16.1. The predicted molar refractivity (Wildman–Crippen MR) is 69.6 cm³/mol. The summed E-state index contributed by atoms with van der Waals surface area (Å²) in [5, 5.41) is 12.2. The second-order valence-electron chi connectivity index (χ2n) is 4.71. The quantitative estimate of drug-likeness (QED) is 0.458. The summed E-state index contributed by atoms with van der Waals surface area (Å²) in [7, 11) is 0. The van der Waals surface area contributed by atoms with Gasteiger partial charge in [0, 0.05) is 6.07 Å². The molecule has 1 aliphatic rings. The van der Waals surface area contributed by atoms with E-state index in [-0.39, 0.29) is 27.3 Å². The molecule has 0 saturated heterocycles. The molecular formula is C15H7F4NO2. The zero-order valence-electron chi connectivity index (χ0n) is 10.8. The smallest absolute Gasteiger partial charge is 0.416 e. The van der Waals surface area contributed by atoms with Crippen LogP contribution < -0.4 is 0 Å². The zero-order valence-corrected chi connectivity index (χ0v) is 10.8. The summed E-state index contributed by atoms with van der Waals surface area (Å²) in [5.41, 5.74) is -1.66. The molecule has 3 nitrogen and oxygen atoms in total. The van der Waals surface area contributed by atoms with E-state index in [4.69, 9.17) is 0 Å². The van der Waals surface area contributed by atoms with E-state index in [1.54, 1.807) is 0 Å². The number of ketones is 1. The highest BCUT2D eigenvalue weighted by molar-refractivity contribution is 6.52. The minimum atomic E-state index is -4.61. The van der Waals surface area contributed by atoms with Crippen molar-refractivity contribution < 1.29 is 27.1 Å². The number of halogens is 4. The molecule has 0 fully saturated rings. The molecule has 0 amide bonds. The summed E-state index contributed by atoms with van der Waals surface area (Å²) in [6.45, 7) is 0. The Morgan fingerprint density at radius 2 is 1.64 bits per heavy atom. The van der Waals surface area contributed by atoms with Gasteiger partial charge in [0.1, 0.15) is 11.4 Å². The van der Waals surface area contributed by atoms with E-state index in [1.807, 2.05) is 0 Å². The summed E-state index contributed by atoms with van der Waals surface area (Å²) in [6.07, 6.45) is -4.61. The molecule has 0 unspecified atom stereocenters. The molecule has 0 saturated carbocycles. The second-order valence-corrected chi connectivity index (χ2v) is 4.71. The number of benzene rings is 2. The highest BCUT2D eigenvalue weighted by atomic mass is 19.4. The maximum Gasteiger partial charge on any atom is 0.416 e. The van der Waals surface area contributed by atoms with Crippen molar-refractivity contribution in [3.63, 3.8) is 0 Å². The van der Waals surface area contributed by atoms with Gasteiger partial charge in [-0.1, -0.05) is 0 Å². The van der Waals surface area contributed by atoms with Gasteiger partial charge in [0.05, 0.1) is 11.1 Å². The predicted octanol–water partition coefficient (Wildman–Crippen LogP) is 3.67. The highest BCUT2D eigenvalue weighted by Gasteiger charge is 2.39. The average molecular weight is 309 g/mol. The minimum Gasteiger partial charge on any atom is -0.618 e. The van der Waals surface area contributed by atoms with E-state index in [0.29, 0.717) is 6.07 Å². The lowest BCUT2D eigenvalue weighted by atomic mass is 10.0. The lowest BCUT2D eigenvalue weighted by Gasteiger charge is -2.07. The normalized spacial score (nSPS) is 14.5. The molecule has 1 aliphatic heterocycles. The third-order valence-electron chi connectivity index (χ3n) is 3.32. The lowest BCUT2D eigenvalue weighted by Crippen LogP contribution is -2.16. The number of nitrogens with zero attached hydrogens (tertiary/aromatic N) is 1. The topological polar surface area (TPSA) is 43.1 Å². The Morgan fingerprint density at radius 3 is 2.23 bits per heavy atom. The van der Waals surface area contributed by atoms with Crippen LogP contribution in [-0.2, 0) is 6.18 Å². The fourth-order valence-electron chi connectivity index (χ4n) is 2.26. The van der Waals surface area contributed by atoms with Crippen LogP contribution in [0.1, 0.15) is 21.5 Å². The van der Waals surface area contributed by atoms with Crippen molar-refractivity contribution in [2.45, 2.75) is 6.18 Å². The Balaban J connectivity index is 2.15. The summed E-state index contributed by atoms with van der Waals surface area (Å²) in [5.74, 6) is -1.24. The van der Waals surface area contributed by atoms with Crippen molar-refractivity contribution >= 4 is 17.2 Å². The van der Waals surface area contributed by atoms with Crippen molar-refractivity contribution in [1.29, 1.82) is 0 Å². The van der Waals surface area contributed by atoms with Crippen molar-refractivity contribution in [2.24, 2.45) is 0 Å². The molecule has 2 aromatic carbocycles. The Hall–Kier alpha value is -2.70. The van der Waals surface area contributed by atoms with Crippen LogP contribution in [0.4, 0.5) is 23.2 Å². The second kappa shape index (κ2) is 4.66.